The third-order valence-electron chi connectivity index (χ3n) is 3.30. The first-order valence-electron chi connectivity index (χ1n) is 7.25. The minimum absolute atomic E-state index is 0.0288. The Kier molecular flexibility index (Phi) is 5.56. The van der Waals surface area contributed by atoms with Crippen LogP contribution in [0.1, 0.15) is 30.1 Å². The molecule has 0 aliphatic heterocycles. The maximum Gasteiger partial charge on any atom is 0.344 e. The molecule has 1 aromatic rings. The van der Waals surface area contributed by atoms with Gasteiger partial charge in [-0.1, -0.05) is 17.7 Å². The van der Waals surface area contributed by atoms with E-state index >= 15 is 0 Å². The Morgan fingerprint density at radius 3 is 2.58 bits per heavy atom. The van der Waals surface area contributed by atoms with Gasteiger partial charge in [0.1, 0.15) is 17.2 Å². The summed E-state index contributed by atoms with van der Waals surface area (Å²) >= 11 is 5.80. The minimum Gasteiger partial charge on any atom is -0.454 e. The molecule has 2 rings (SSSR count). The van der Waals surface area contributed by atoms with Crippen molar-refractivity contribution in [2.24, 2.45) is 16.5 Å². The Labute approximate surface area is 143 Å². The molecule has 4 N–H and O–H groups in total. The van der Waals surface area contributed by atoms with E-state index in [2.05, 4.69) is 4.99 Å². The molecular weight excluding hydrogens is 337 g/mol. The van der Waals surface area contributed by atoms with E-state index in [1.807, 2.05) is 0 Å². The van der Waals surface area contributed by atoms with Crippen LogP contribution in [0.5, 0.6) is 0 Å². The molecule has 0 heterocycles. The van der Waals surface area contributed by atoms with Crippen LogP contribution >= 0.6 is 11.6 Å². The van der Waals surface area contributed by atoms with Gasteiger partial charge in [0.2, 0.25) is 5.78 Å². The van der Waals surface area contributed by atoms with Gasteiger partial charge < -0.3 is 16.2 Å². The SMILES string of the molecule is CC(N)=C(C(=O)OCC(=O)c1c(F)cccc1Cl)C(N)=NC1CC1. The highest BCUT2D eigenvalue weighted by molar-refractivity contribution is 6.34. The molecule has 0 unspecified atom stereocenters. The molecule has 6 nitrogen and oxygen atoms in total. The zero-order valence-corrected chi connectivity index (χ0v) is 13.8. The Hall–Kier alpha value is -2.41. The summed E-state index contributed by atoms with van der Waals surface area (Å²) in [5, 5.41) is -0.0587. The molecule has 1 saturated carbocycles. The van der Waals surface area contributed by atoms with E-state index in [4.69, 9.17) is 27.8 Å². The van der Waals surface area contributed by atoms with Gasteiger partial charge in [0.05, 0.1) is 16.6 Å². The smallest absolute Gasteiger partial charge is 0.344 e. The van der Waals surface area contributed by atoms with Crippen LogP contribution in [-0.2, 0) is 9.53 Å². The molecule has 0 aromatic heterocycles. The van der Waals surface area contributed by atoms with Crippen molar-refractivity contribution in [1.82, 2.24) is 0 Å². The first-order valence-corrected chi connectivity index (χ1v) is 7.63. The molecule has 0 radical (unpaired) electrons. The molecule has 1 fully saturated rings. The number of Topliss-reactive ketones (excluding diaryl/α,β-unsaturated/α-hetero) is 1. The van der Waals surface area contributed by atoms with E-state index in [9.17, 15) is 14.0 Å². The van der Waals surface area contributed by atoms with Gasteiger partial charge in [0.25, 0.3) is 0 Å². The number of carbonyl (C=O) groups excluding carboxylic acids is 2. The summed E-state index contributed by atoms with van der Waals surface area (Å²) in [5.41, 5.74) is 11.1. The van der Waals surface area contributed by atoms with Gasteiger partial charge in [-0.25, -0.2) is 9.18 Å². The number of aliphatic imine (C=N–C) groups is 1. The van der Waals surface area contributed by atoms with Crippen LogP contribution in [0, 0.1) is 5.82 Å². The number of ketones is 1. The third kappa shape index (κ3) is 4.32. The molecule has 24 heavy (non-hydrogen) atoms. The predicted octanol–water partition coefficient (Wildman–Crippen LogP) is 1.96. The second kappa shape index (κ2) is 7.44. The van der Waals surface area contributed by atoms with E-state index < -0.39 is 24.2 Å². The second-order valence-corrected chi connectivity index (χ2v) is 5.81. The second-order valence-electron chi connectivity index (χ2n) is 5.40. The normalized spacial score (nSPS) is 15.7. The largest absolute Gasteiger partial charge is 0.454 e. The number of esters is 1. The van der Waals surface area contributed by atoms with Crippen LogP contribution in [-0.4, -0.2) is 30.2 Å². The van der Waals surface area contributed by atoms with Gasteiger partial charge in [-0.05, 0) is 31.9 Å². The first-order chi connectivity index (χ1) is 11.3. The lowest BCUT2D eigenvalue weighted by Crippen LogP contribution is -2.28. The van der Waals surface area contributed by atoms with Crippen LogP contribution in [0.15, 0.2) is 34.5 Å². The molecular formula is C16H17ClFN3O3. The Balaban J connectivity index is 2.08. The fourth-order valence-corrected chi connectivity index (χ4v) is 2.24. The quantitative estimate of drug-likeness (QED) is 0.267. The number of nitrogens with two attached hydrogens (primary N) is 2. The van der Waals surface area contributed by atoms with Crippen molar-refractivity contribution in [3.8, 4) is 0 Å². The molecule has 0 bridgehead atoms. The highest BCUT2D eigenvalue weighted by Gasteiger charge is 2.25. The number of rotatable bonds is 6. The van der Waals surface area contributed by atoms with Crippen molar-refractivity contribution in [2.45, 2.75) is 25.8 Å². The molecule has 0 saturated heterocycles. The molecule has 1 aliphatic carbocycles. The first kappa shape index (κ1) is 17.9. The van der Waals surface area contributed by atoms with Crippen molar-refractivity contribution >= 4 is 29.2 Å². The van der Waals surface area contributed by atoms with Crippen LogP contribution in [0.2, 0.25) is 5.02 Å². The Bertz CT molecular complexity index is 718. The fraction of sp³-hybridized carbons (Fsp3) is 0.312. The number of nitrogens with zero attached hydrogens (tertiary/aromatic N) is 1. The zero-order valence-electron chi connectivity index (χ0n) is 13.0. The predicted molar refractivity (Wildman–Crippen MR) is 88.2 cm³/mol. The molecule has 8 heteroatoms. The fourth-order valence-electron chi connectivity index (χ4n) is 1.97. The number of allylic oxidation sites excluding steroid dienone is 1. The molecule has 0 amide bonds. The van der Waals surface area contributed by atoms with E-state index in [0.717, 1.165) is 18.9 Å². The lowest BCUT2D eigenvalue weighted by Gasteiger charge is -2.10. The highest BCUT2D eigenvalue weighted by Crippen LogP contribution is 2.24. The van der Waals surface area contributed by atoms with Gasteiger partial charge in [-0.2, -0.15) is 0 Å². The van der Waals surface area contributed by atoms with Gasteiger partial charge >= 0.3 is 5.97 Å². The van der Waals surface area contributed by atoms with Crippen molar-refractivity contribution in [1.29, 1.82) is 0 Å². The molecule has 1 aliphatic rings. The number of hydrogen-bond donors (Lipinski definition) is 2. The van der Waals surface area contributed by atoms with Crippen molar-refractivity contribution in [3.05, 3.63) is 45.9 Å². The Morgan fingerprint density at radius 2 is 2.04 bits per heavy atom. The summed E-state index contributed by atoms with van der Waals surface area (Å²) in [6.45, 7) is 0.786. The van der Waals surface area contributed by atoms with Crippen molar-refractivity contribution in [2.75, 3.05) is 6.61 Å². The number of hydrogen-bond acceptors (Lipinski definition) is 5. The van der Waals surface area contributed by atoms with Crippen LogP contribution in [0.25, 0.3) is 0 Å². The molecule has 128 valence electrons. The molecule has 0 atom stereocenters. The van der Waals surface area contributed by atoms with Gasteiger partial charge in [0.15, 0.2) is 6.61 Å². The number of carbonyl (C=O) groups is 2. The standard InChI is InChI=1S/C16H17ClFN3O3/c1-8(19)13(15(20)21-9-5-6-9)16(23)24-7-12(22)14-10(17)3-2-4-11(14)18/h2-4,9H,5-7,19H2,1H3,(H2,20,21). The number of ether oxygens (including phenoxy) is 1. The average molecular weight is 354 g/mol. The monoisotopic (exact) mass is 353 g/mol. The Morgan fingerprint density at radius 1 is 1.38 bits per heavy atom. The van der Waals surface area contributed by atoms with E-state index in [1.165, 1.54) is 19.1 Å². The number of benzene rings is 1. The lowest BCUT2D eigenvalue weighted by atomic mass is 10.1. The number of halogens is 2. The molecule has 1 aromatic carbocycles. The van der Waals surface area contributed by atoms with Crippen molar-refractivity contribution in [3.63, 3.8) is 0 Å². The average Bonchev–Trinajstić information content (AvgIpc) is 3.28. The zero-order chi connectivity index (χ0) is 17.9. The third-order valence-corrected chi connectivity index (χ3v) is 3.61. The van der Waals surface area contributed by atoms with Gasteiger partial charge in [-0.3, -0.25) is 9.79 Å². The highest BCUT2D eigenvalue weighted by atomic mass is 35.5. The van der Waals surface area contributed by atoms with Crippen molar-refractivity contribution < 1.29 is 18.7 Å². The molecule has 0 spiro atoms. The summed E-state index contributed by atoms with van der Waals surface area (Å²) in [6.07, 6.45) is 1.80. The van der Waals surface area contributed by atoms with Crippen LogP contribution < -0.4 is 11.5 Å². The van der Waals surface area contributed by atoms with E-state index in [1.54, 1.807) is 0 Å². The van der Waals surface area contributed by atoms with Gasteiger partial charge in [-0.15, -0.1) is 0 Å². The summed E-state index contributed by atoms with van der Waals surface area (Å²) in [5.74, 6) is -2.47. The maximum atomic E-state index is 13.7. The van der Waals surface area contributed by atoms with E-state index in [0.29, 0.717) is 0 Å². The summed E-state index contributed by atoms with van der Waals surface area (Å²) in [6, 6.07) is 3.92. The van der Waals surface area contributed by atoms with E-state index in [-0.39, 0.29) is 33.7 Å². The minimum atomic E-state index is -0.891. The van der Waals surface area contributed by atoms with Crippen LogP contribution in [0.4, 0.5) is 4.39 Å². The maximum absolute atomic E-state index is 13.7. The number of amidine groups is 1. The summed E-state index contributed by atoms with van der Waals surface area (Å²) < 4.78 is 18.6. The van der Waals surface area contributed by atoms with Crippen LogP contribution in [0.3, 0.4) is 0 Å². The van der Waals surface area contributed by atoms with Gasteiger partial charge in [0, 0.05) is 5.70 Å². The summed E-state index contributed by atoms with van der Waals surface area (Å²) in [7, 11) is 0. The summed E-state index contributed by atoms with van der Waals surface area (Å²) in [4.78, 5) is 28.3. The lowest BCUT2D eigenvalue weighted by molar-refractivity contribution is -0.137. The topological polar surface area (TPSA) is 108 Å².